The summed E-state index contributed by atoms with van der Waals surface area (Å²) >= 11 is 0. The Hall–Kier alpha value is -0.840. The number of ether oxygens (including phenoxy) is 1. The zero-order valence-corrected chi connectivity index (χ0v) is 11.7. The number of aliphatic imine (C=N–C) groups is 1. The van der Waals surface area contributed by atoms with E-state index < -0.39 is 0 Å². The summed E-state index contributed by atoms with van der Waals surface area (Å²) in [6.07, 6.45) is 7.65. The van der Waals surface area contributed by atoms with Gasteiger partial charge in [-0.2, -0.15) is 0 Å². The number of hydrogen-bond acceptors (Lipinski definition) is 2. The molecule has 1 aliphatic carbocycles. The molecule has 0 aromatic carbocycles. The number of nitrogens with one attached hydrogen (secondary N) is 1. The molecule has 0 bridgehead atoms. The number of rotatable bonds is 4. The van der Waals surface area contributed by atoms with Crippen molar-refractivity contribution in [3.05, 3.63) is 0 Å². The average molecular weight is 271 g/mol. The normalized spacial score (nSPS) is 25.2. The Labute approximate surface area is 115 Å². The summed E-state index contributed by atoms with van der Waals surface area (Å²) in [5.41, 5.74) is 5.57. The summed E-state index contributed by atoms with van der Waals surface area (Å²) in [4.78, 5) is 4.37. The smallest absolute Gasteiger partial charge is 0.188 e. The van der Waals surface area contributed by atoms with Crippen LogP contribution in [0.25, 0.3) is 0 Å². The highest BCUT2D eigenvalue weighted by Crippen LogP contribution is 2.31. The second-order valence-corrected chi connectivity index (χ2v) is 5.93. The van der Waals surface area contributed by atoms with Crippen molar-refractivity contribution in [2.24, 2.45) is 16.1 Å². The van der Waals surface area contributed by atoms with Gasteiger partial charge in [0.15, 0.2) is 5.96 Å². The van der Waals surface area contributed by atoms with Gasteiger partial charge in [-0.3, -0.25) is 9.38 Å². The highest BCUT2D eigenvalue weighted by molar-refractivity contribution is 5.78. The number of hydrogen-bond donors (Lipinski definition) is 2. The Balaban J connectivity index is 1.81. The van der Waals surface area contributed by atoms with Gasteiger partial charge in [-0.15, -0.1) is 0 Å². The fourth-order valence-electron chi connectivity index (χ4n) is 2.89. The lowest BCUT2D eigenvalue weighted by molar-refractivity contribution is 0.00691. The average Bonchev–Trinajstić information content (AvgIpc) is 2.47. The van der Waals surface area contributed by atoms with E-state index in [0.717, 1.165) is 25.7 Å². The topological polar surface area (TPSA) is 59.6 Å². The Morgan fingerprint density at radius 3 is 2.58 bits per heavy atom. The van der Waals surface area contributed by atoms with E-state index in [-0.39, 0.29) is 12.1 Å². The molecule has 1 heterocycles. The van der Waals surface area contributed by atoms with Gasteiger partial charge in [0.05, 0.1) is 13.2 Å². The number of nitrogens with zero attached hydrogens (tertiary/aromatic N) is 1. The molecule has 4 nitrogen and oxygen atoms in total. The monoisotopic (exact) mass is 271 g/mol. The molecule has 0 radical (unpaired) electrons. The quantitative estimate of drug-likeness (QED) is 0.607. The highest BCUT2D eigenvalue weighted by Gasteiger charge is 2.32. The third kappa shape index (κ3) is 4.34. The standard InChI is InChI=1S/C14H26FN3O/c15-10-14(6-8-19-9-7-14)11-17-13(16)18-12-4-2-1-3-5-12/h12H,1-11H2,(H3,16,17,18). The van der Waals surface area contributed by atoms with Gasteiger partial charge in [0, 0.05) is 24.7 Å². The summed E-state index contributed by atoms with van der Waals surface area (Å²) < 4.78 is 18.5. The van der Waals surface area contributed by atoms with Crippen molar-refractivity contribution < 1.29 is 9.13 Å². The highest BCUT2D eigenvalue weighted by atomic mass is 19.1. The largest absolute Gasteiger partial charge is 0.381 e. The van der Waals surface area contributed by atoms with Crippen molar-refractivity contribution in [3.63, 3.8) is 0 Å². The molecule has 0 amide bonds. The maximum absolute atomic E-state index is 13.3. The van der Waals surface area contributed by atoms with Crippen LogP contribution in [0.5, 0.6) is 0 Å². The lowest BCUT2D eigenvalue weighted by Crippen LogP contribution is -2.42. The number of alkyl halides is 1. The van der Waals surface area contributed by atoms with Crippen molar-refractivity contribution in [1.82, 2.24) is 5.32 Å². The molecule has 5 heteroatoms. The number of nitrogens with two attached hydrogens (primary N) is 1. The van der Waals surface area contributed by atoms with Crippen LogP contribution in [-0.4, -0.2) is 38.4 Å². The van der Waals surface area contributed by atoms with Crippen LogP contribution >= 0.6 is 0 Å². The minimum absolute atomic E-state index is 0.337. The Morgan fingerprint density at radius 1 is 1.26 bits per heavy atom. The molecule has 110 valence electrons. The molecule has 1 saturated carbocycles. The van der Waals surface area contributed by atoms with E-state index in [2.05, 4.69) is 10.3 Å². The SMILES string of the molecule is NC(=NCC1(CF)CCOCC1)NC1CCCCC1. The summed E-state index contributed by atoms with van der Waals surface area (Å²) in [6, 6.07) is 0.452. The molecule has 0 aromatic rings. The van der Waals surface area contributed by atoms with Gasteiger partial charge in [0.2, 0.25) is 0 Å². The fourth-order valence-corrected chi connectivity index (χ4v) is 2.89. The summed E-state index contributed by atoms with van der Waals surface area (Å²) in [5, 5.41) is 3.27. The van der Waals surface area contributed by atoms with Gasteiger partial charge in [-0.05, 0) is 25.7 Å². The van der Waals surface area contributed by atoms with E-state index in [0.29, 0.717) is 31.8 Å². The molecule has 2 aliphatic rings. The molecule has 0 aromatic heterocycles. The van der Waals surface area contributed by atoms with E-state index in [9.17, 15) is 4.39 Å². The zero-order chi connectivity index (χ0) is 13.6. The molecule has 3 N–H and O–H groups in total. The number of halogens is 1. The van der Waals surface area contributed by atoms with E-state index in [1.54, 1.807) is 0 Å². The van der Waals surface area contributed by atoms with Crippen LogP contribution in [0.4, 0.5) is 4.39 Å². The molecule has 1 aliphatic heterocycles. The predicted octanol–water partition coefficient (Wildman–Crippen LogP) is 1.99. The van der Waals surface area contributed by atoms with Gasteiger partial charge in [0.25, 0.3) is 0 Å². The maximum atomic E-state index is 13.3. The predicted molar refractivity (Wildman–Crippen MR) is 75.0 cm³/mol. The van der Waals surface area contributed by atoms with E-state index in [4.69, 9.17) is 10.5 Å². The van der Waals surface area contributed by atoms with E-state index >= 15 is 0 Å². The molecule has 1 saturated heterocycles. The minimum Gasteiger partial charge on any atom is -0.381 e. The molecular formula is C14H26FN3O. The first-order valence-corrected chi connectivity index (χ1v) is 7.44. The Kier molecular flexibility index (Phi) is 5.43. The van der Waals surface area contributed by atoms with Crippen LogP contribution < -0.4 is 11.1 Å². The second-order valence-electron chi connectivity index (χ2n) is 5.93. The molecule has 2 rings (SSSR count). The molecule has 0 unspecified atom stereocenters. The Bertz CT molecular complexity index is 297. The maximum Gasteiger partial charge on any atom is 0.188 e. The van der Waals surface area contributed by atoms with Gasteiger partial charge in [-0.25, -0.2) is 0 Å². The third-order valence-corrected chi connectivity index (χ3v) is 4.38. The summed E-state index contributed by atoms with van der Waals surface area (Å²) in [6.45, 7) is 1.40. The first-order chi connectivity index (χ1) is 9.24. The van der Waals surface area contributed by atoms with Crippen LogP contribution in [-0.2, 0) is 4.74 Å². The molecule has 2 fully saturated rings. The summed E-state index contributed by atoms with van der Waals surface area (Å²) in [5.74, 6) is 0.478. The van der Waals surface area contributed by atoms with Crippen LogP contribution in [0.1, 0.15) is 44.9 Å². The van der Waals surface area contributed by atoms with Gasteiger partial charge < -0.3 is 15.8 Å². The van der Waals surface area contributed by atoms with Gasteiger partial charge >= 0.3 is 0 Å². The zero-order valence-electron chi connectivity index (χ0n) is 11.7. The summed E-state index contributed by atoms with van der Waals surface area (Å²) in [7, 11) is 0. The second kappa shape index (κ2) is 7.08. The van der Waals surface area contributed by atoms with Crippen LogP contribution in [0.15, 0.2) is 4.99 Å². The molecule has 0 spiro atoms. The first kappa shape index (κ1) is 14.6. The van der Waals surface area contributed by atoms with Crippen molar-refractivity contribution in [3.8, 4) is 0 Å². The van der Waals surface area contributed by atoms with Crippen molar-refractivity contribution in [2.75, 3.05) is 26.4 Å². The van der Waals surface area contributed by atoms with E-state index in [1.165, 1.54) is 19.3 Å². The van der Waals surface area contributed by atoms with Crippen molar-refractivity contribution >= 4 is 5.96 Å². The lowest BCUT2D eigenvalue weighted by Gasteiger charge is -2.33. The van der Waals surface area contributed by atoms with Crippen molar-refractivity contribution in [2.45, 2.75) is 51.0 Å². The van der Waals surface area contributed by atoms with Crippen molar-refractivity contribution in [1.29, 1.82) is 0 Å². The Morgan fingerprint density at radius 2 is 1.95 bits per heavy atom. The van der Waals surface area contributed by atoms with Crippen LogP contribution in [0.3, 0.4) is 0 Å². The lowest BCUT2D eigenvalue weighted by atomic mass is 9.82. The van der Waals surface area contributed by atoms with Crippen LogP contribution in [0, 0.1) is 5.41 Å². The minimum atomic E-state index is -0.350. The number of guanidine groups is 1. The van der Waals surface area contributed by atoms with Crippen LogP contribution in [0.2, 0.25) is 0 Å². The first-order valence-electron chi connectivity index (χ1n) is 7.44. The molecule has 0 atom stereocenters. The van der Waals surface area contributed by atoms with E-state index in [1.807, 2.05) is 0 Å². The molecule has 19 heavy (non-hydrogen) atoms. The third-order valence-electron chi connectivity index (χ3n) is 4.38. The van der Waals surface area contributed by atoms with Gasteiger partial charge in [-0.1, -0.05) is 19.3 Å². The molecular weight excluding hydrogens is 245 g/mol. The van der Waals surface area contributed by atoms with Gasteiger partial charge in [0.1, 0.15) is 0 Å². The fraction of sp³-hybridized carbons (Fsp3) is 0.929.